The molecule has 0 unspecified atom stereocenters. The quantitative estimate of drug-likeness (QED) is 0.509. The lowest BCUT2D eigenvalue weighted by atomic mass is 10.1. The monoisotopic (exact) mass is 396 g/mol. The molecule has 0 aliphatic heterocycles. The standard InChI is InChI=1S/C19H13F5N2S/c1-10(16-14(20)7-4-8-15(16)21)25-18-26-11(2)17(27-18)12-5-3-6-13(9-12)19(22,23)24/h3-9H,1H2,2H3,(H,25,26). The van der Waals surface area contributed by atoms with Crippen LogP contribution < -0.4 is 5.32 Å². The number of nitrogens with zero attached hydrogens (tertiary/aromatic N) is 1. The van der Waals surface area contributed by atoms with Gasteiger partial charge in [0.2, 0.25) is 0 Å². The normalized spacial score (nSPS) is 11.5. The van der Waals surface area contributed by atoms with Gasteiger partial charge in [-0.05, 0) is 36.8 Å². The van der Waals surface area contributed by atoms with Crippen molar-refractivity contribution in [2.75, 3.05) is 5.32 Å². The van der Waals surface area contributed by atoms with Gasteiger partial charge in [0.15, 0.2) is 5.13 Å². The number of benzene rings is 2. The highest BCUT2D eigenvalue weighted by atomic mass is 32.1. The molecule has 0 aliphatic rings. The molecule has 0 saturated carbocycles. The number of aromatic nitrogens is 1. The molecule has 1 N–H and O–H groups in total. The maximum Gasteiger partial charge on any atom is 0.416 e. The predicted molar refractivity (Wildman–Crippen MR) is 96.3 cm³/mol. The van der Waals surface area contributed by atoms with Crippen molar-refractivity contribution in [2.45, 2.75) is 13.1 Å². The van der Waals surface area contributed by atoms with Gasteiger partial charge in [-0.1, -0.05) is 36.1 Å². The first-order valence-corrected chi connectivity index (χ1v) is 8.54. The van der Waals surface area contributed by atoms with Crippen LogP contribution in [0.25, 0.3) is 16.1 Å². The molecule has 0 bridgehead atoms. The number of halogens is 5. The molecule has 0 radical (unpaired) electrons. The fourth-order valence-corrected chi connectivity index (χ4v) is 3.52. The number of hydrogen-bond acceptors (Lipinski definition) is 3. The van der Waals surface area contributed by atoms with Gasteiger partial charge in [-0.25, -0.2) is 13.8 Å². The van der Waals surface area contributed by atoms with Crippen LogP contribution in [-0.4, -0.2) is 4.98 Å². The number of hydrogen-bond donors (Lipinski definition) is 1. The average Bonchev–Trinajstić information content (AvgIpc) is 2.94. The second-order valence-corrected chi connectivity index (χ2v) is 6.71. The van der Waals surface area contributed by atoms with E-state index in [9.17, 15) is 22.0 Å². The SMILES string of the molecule is C=C(Nc1nc(C)c(-c2cccc(C(F)(F)F)c2)s1)c1c(F)cccc1F. The average molecular weight is 396 g/mol. The highest BCUT2D eigenvalue weighted by Gasteiger charge is 2.30. The van der Waals surface area contributed by atoms with E-state index in [4.69, 9.17) is 0 Å². The summed E-state index contributed by atoms with van der Waals surface area (Å²) in [6.45, 7) is 5.27. The number of alkyl halides is 3. The van der Waals surface area contributed by atoms with Crippen LogP contribution in [0.15, 0.2) is 49.0 Å². The van der Waals surface area contributed by atoms with Gasteiger partial charge in [0.1, 0.15) is 11.6 Å². The minimum Gasteiger partial charge on any atom is -0.331 e. The minimum atomic E-state index is -4.45. The van der Waals surface area contributed by atoms with Crippen molar-refractivity contribution < 1.29 is 22.0 Å². The smallest absolute Gasteiger partial charge is 0.331 e. The van der Waals surface area contributed by atoms with Gasteiger partial charge >= 0.3 is 6.18 Å². The molecule has 0 aliphatic carbocycles. The van der Waals surface area contributed by atoms with Crippen molar-refractivity contribution in [3.8, 4) is 10.4 Å². The Morgan fingerprint density at radius 3 is 2.33 bits per heavy atom. The van der Waals surface area contributed by atoms with Crippen LogP contribution in [0.3, 0.4) is 0 Å². The molecule has 0 spiro atoms. The van der Waals surface area contributed by atoms with E-state index in [0.29, 0.717) is 16.1 Å². The topological polar surface area (TPSA) is 24.9 Å². The summed E-state index contributed by atoms with van der Waals surface area (Å²) in [5.41, 5.74) is -0.264. The molecule has 3 rings (SSSR count). The Balaban J connectivity index is 1.91. The second-order valence-electron chi connectivity index (χ2n) is 5.71. The Morgan fingerprint density at radius 2 is 1.70 bits per heavy atom. The summed E-state index contributed by atoms with van der Waals surface area (Å²) in [6, 6.07) is 8.33. The molecule has 3 aromatic rings. The molecule has 8 heteroatoms. The molecule has 2 aromatic carbocycles. The van der Waals surface area contributed by atoms with Crippen LogP contribution in [0.2, 0.25) is 0 Å². The fourth-order valence-electron chi connectivity index (χ4n) is 2.53. The maximum atomic E-state index is 13.8. The summed E-state index contributed by atoms with van der Waals surface area (Å²) >= 11 is 1.07. The summed E-state index contributed by atoms with van der Waals surface area (Å²) in [4.78, 5) is 4.74. The first-order chi connectivity index (χ1) is 12.7. The van der Waals surface area contributed by atoms with Crippen molar-refractivity contribution in [3.63, 3.8) is 0 Å². The van der Waals surface area contributed by atoms with E-state index in [-0.39, 0.29) is 16.4 Å². The molecule has 140 valence electrons. The highest BCUT2D eigenvalue weighted by molar-refractivity contribution is 7.19. The third kappa shape index (κ3) is 4.00. The molecular weight excluding hydrogens is 383 g/mol. The summed E-state index contributed by atoms with van der Waals surface area (Å²) in [7, 11) is 0. The minimum absolute atomic E-state index is 0.0325. The van der Waals surface area contributed by atoms with Crippen molar-refractivity contribution >= 4 is 22.2 Å². The Labute approximate surface area is 156 Å². The van der Waals surface area contributed by atoms with Crippen molar-refractivity contribution in [3.05, 3.63) is 77.5 Å². The zero-order chi connectivity index (χ0) is 19.8. The molecule has 27 heavy (non-hydrogen) atoms. The lowest BCUT2D eigenvalue weighted by Gasteiger charge is -2.09. The summed E-state index contributed by atoms with van der Waals surface area (Å²) in [6.07, 6.45) is -4.45. The second kappa shape index (κ2) is 7.11. The van der Waals surface area contributed by atoms with Gasteiger partial charge in [-0.15, -0.1) is 0 Å². The number of aryl methyl sites for hydroxylation is 1. The van der Waals surface area contributed by atoms with E-state index in [1.165, 1.54) is 12.1 Å². The Morgan fingerprint density at radius 1 is 1.07 bits per heavy atom. The van der Waals surface area contributed by atoms with E-state index in [1.54, 1.807) is 13.0 Å². The summed E-state index contributed by atoms with van der Waals surface area (Å²) < 4.78 is 66.4. The zero-order valence-corrected chi connectivity index (χ0v) is 14.8. The molecule has 0 saturated heterocycles. The van der Waals surface area contributed by atoms with E-state index in [1.807, 2.05) is 0 Å². The summed E-state index contributed by atoms with van der Waals surface area (Å²) in [5, 5.41) is 3.00. The van der Waals surface area contributed by atoms with Crippen molar-refractivity contribution in [1.29, 1.82) is 0 Å². The van der Waals surface area contributed by atoms with Gasteiger partial charge in [0, 0.05) is 5.70 Å². The highest BCUT2D eigenvalue weighted by Crippen LogP contribution is 2.37. The first-order valence-electron chi connectivity index (χ1n) is 7.72. The Kier molecular flexibility index (Phi) is 5.01. The number of rotatable bonds is 4. The van der Waals surface area contributed by atoms with Gasteiger partial charge in [-0.3, -0.25) is 0 Å². The molecule has 0 amide bonds. The van der Waals surface area contributed by atoms with Crippen molar-refractivity contribution in [1.82, 2.24) is 4.98 Å². The van der Waals surface area contributed by atoms with Crippen LogP contribution in [0.4, 0.5) is 27.1 Å². The van der Waals surface area contributed by atoms with Crippen LogP contribution >= 0.6 is 11.3 Å². The predicted octanol–water partition coefficient (Wildman–Crippen LogP) is 6.50. The third-order valence-electron chi connectivity index (χ3n) is 3.77. The molecule has 0 fully saturated rings. The summed E-state index contributed by atoms with van der Waals surface area (Å²) in [5.74, 6) is -1.56. The number of anilines is 1. The fraction of sp³-hybridized carbons (Fsp3) is 0.105. The van der Waals surface area contributed by atoms with Crippen LogP contribution in [0.5, 0.6) is 0 Å². The van der Waals surface area contributed by atoms with Crippen molar-refractivity contribution in [2.24, 2.45) is 0 Å². The maximum absolute atomic E-state index is 13.8. The largest absolute Gasteiger partial charge is 0.416 e. The third-order valence-corrected chi connectivity index (χ3v) is 4.89. The van der Waals surface area contributed by atoms with Crippen LogP contribution in [-0.2, 0) is 6.18 Å². The lowest BCUT2D eigenvalue weighted by Crippen LogP contribution is -2.04. The zero-order valence-electron chi connectivity index (χ0n) is 14.0. The van der Waals surface area contributed by atoms with Gasteiger partial charge in [0.05, 0.1) is 21.7 Å². The van der Waals surface area contributed by atoms with E-state index in [2.05, 4.69) is 16.9 Å². The Bertz CT molecular complexity index is 987. The van der Waals surface area contributed by atoms with Gasteiger partial charge < -0.3 is 5.32 Å². The van der Waals surface area contributed by atoms with Gasteiger partial charge in [-0.2, -0.15) is 13.2 Å². The molecule has 2 nitrogen and oxygen atoms in total. The van der Waals surface area contributed by atoms with E-state index < -0.39 is 23.4 Å². The van der Waals surface area contributed by atoms with E-state index in [0.717, 1.165) is 35.6 Å². The van der Waals surface area contributed by atoms with Crippen LogP contribution in [0.1, 0.15) is 16.8 Å². The first kappa shape index (κ1) is 19.0. The Hall–Kier alpha value is -2.74. The molecular formula is C19H13F5N2S. The van der Waals surface area contributed by atoms with Gasteiger partial charge in [0.25, 0.3) is 0 Å². The van der Waals surface area contributed by atoms with E-state index >= 15 is 0 Å². The lowest BCUT2D eigenvalue weighted by molar-refractivity contribution is -0.137. The molecule has 1 heterocycles. The van der Waals surface area contributed by atoms with Crippen LogP contribution in [0, 0.1) is 18.6 Å². The molecule has 1 aromatic heterocycles. The number of thiazole rings is 1. The molecule has 0 atom stereocenters. The number of nitrogens with one attached hydrogen (secondary N) is 1.